The van der Waals surface area contributed by atoms with E-state index < -0.39 is 29.9 Å². The molecule has 1 aromatic heterocycles. The Morgan fingerprint density at radius 2 is 1.76 bits per heavy atom. The van der Waals surface area contributed by atoms with Gasteiger partial charge in [-0.1, -0.05) is 48.5 Å². The normalized spacial score (nSPS) is 14.9. The molecule has 1 aliphatic heterocycles. The molecule has 0 fully saturated rings. The number of esters is 1. The second-order valence-corrected chi connectivity index (χ2v) is 7.80. The average molecular weight is 458 g/mol. The van der Waals surface area contributed by atoms with Crippen LogP contribution in [0, 0.1) is 0 Å². The van der Waals surface area contributed by atoms with E-state index in [1.54, 1.807) is 48.5 Å². The summed E-state index contributed by atoms with van der Waals surface area (Å²) in [5.74, 6) is -2.11. The van der Waals surface area contributed by atoms with Crippen LogP contribution in [0.2, 0.25) is 0 Å². The molecule has 0 saturated carbocycles. The monoisotopic (exact) mass is 458 g/mol. The van der Waals surface area contributed by atoms with Crippen LogP contribution in [0.25, 0.3) is 22.3 Å². The quantitative estimate of drug-likeness (QED) is 0.339. The molecule has 8 nitrogen and oxygen atoms in total. The molecule has 0 saturated heterocycles. The molecular formula is C26H18O8. The first-order valence-corrected chi connectivity index (χ1v) is 10.5. The van der Waals surface area contributed by atoms with Crippen molar-refractivity contribution in [2.24, 2.45) is 0 Å². The minimum absolute atomic E-state index is 0.0367. The molecule has 1 aliphatic rings. The number of carbonyl (C=O) groups is 2. The first-order chi connectivity index (χ1) is 16.4. The molecule has 170 valence electrons. The third kappa shape index (κ3) is 3.75. The summed E-state index contributed by atoms with van der Waals surface area (Å²) in [7, 11) is 0. The Morgan fingerprint density at radius 3 is 2.53 bits per heavy atom. The van der Waals surface area contributed by atoms with Crippen LogP contribution in [0.1, 0.15) is 23.5 Å². The highest BCUT2D eigenvalue weighted by atomic mass is 16.5. The van der Waals surface area contributed by atoms with Crippen LogP contribution in [-0.4, -0.2) is 28.8 Å². The molecule has 5 rings (SSSR count). The number of hydrogen-bond donors (Lipinski definition) is 2. The lowest BCUT2D eigenvalue weighted by Crippen LogP contribution is -2.22. The minimum Gasteiger partial charge on any atom is -0.507 e. The fraction of sp³-hybridized carbons (Fsp3) is 0.115. The third-order valence-electron chi connectivity index (χ3n) is 5.63. The van der Waals surface area contributed by atoms with Crippen molar-refractivity contribution in [2.75, 3.05) is 6.61 Å². The van der Waals surface area contributed by atoms with Gasteiger partial charge in [-0.2, -0.15) is 0 Å². The van der Waals surface area contributed by atoms with E-state index in [0.29, 0.717) is 16.7 Å². The van der Waals surface area contributed by atoms with E-state index in [9.17, 15) is 19.5 Å². The van der Waals surface area contributed by atoms with Crippen LogP contribution in [0.15, 0.2) is 75.9 Å². The number of phenolic OH excluding ortho intramolecular Hbond substituents is 1. The molecular weight excluding hydrogens is 440 g/mol. The molecule has 0 bridgehead atoms. The SMILES string of the molecule is O=C(O)COc1ccccc1C1CC(=O)Oc2cc(O)c3c(=O)cc(-c4ccccc4)oc3c21. The summed E-state index contributed by atoms with van der Waals surface area (Å²) < 4.78 is 17.0. The van der Waals surface area contributed by atoms with E-state index in [4.69, 9.17) is 19.0 Å². The van der Waals surface area contributed by atoms with E-state index in [2.05, 4.69) is 0 Å². The number of carbonyl (C=O) groups excluding carboxylic acids is 1. The van der Waals surface area contributed by atoms with Crippen LogP contribution >= 0.6 is 0 Å². The molecule has 1 atom stereocenters. The lowest BCUT2D eigenvalue weighted by Gasteiger charge is -2.27. The molecule has 0 spiro atoms. The molecule has 8 heteroatoms. The summed E-state index contributed by atoms with van der Waals surface area (Å²) in [5.41, 5.74) is 1.22. The predicted octanol–water partition coefficient (Wildman–Crippen LogP) is 4.07. The number of para-hydroxylation sites is 1. The van der Waals surface area contributed by atoms with E-state index in [0.717, 1.165) is 0 Å². The largest absolute Gasteiger partial charge is 0.507 e. The van der Waals surface area contributed by atoms with Gasteiger partial charge in [-0.25, -0.2) is 4.79 Å². The number of carboxylic acids is 1. The van der Waals surface area contributed by atoms with Crippen LogP contribution < -0.4 is 14.9 Å². The molecule has 0 aliphatic carbocycles. The van der Waals surface area contributed by atoms with Crippen LogP contribution in [0.5, 0.6) is 17.2 Å². The number of aliphatic carboxylic acids is 1. The van der Waals surface area contributed by atoms with Gasteiger partial charge in [-0.05, 0) is 6.07 Å². The van der Waals surface area contributed by atoms with E-state index >= 15 is 0 Å². The third-order valence-corrected chi connectivity index (χ3v) is 5.63. The highest BCUT2D eigenvalue weighted by Gasteiger charge is 2.35. The zero-order valence-electron chi connectivity index (χ0n) is 17.7. The maximum absolute atomic E-state index is 13.0. The highest BCUT2D eigenvalue weighted by molar-refractivity contribution is 5.93. The zero-order valence-corrected chi connectivity index (χ0v) is 17.7. The van der Waals surface area contributed by atoms with Crippen molar-refractivity contribution < 1.29 is 33.7 Å². The Hall–Kier alpha value is -4.59. The van der Waals surface area contributed by atoms with Gasteiger partial charge >= 0.3 is 11.9 Å². The summed E-state index contributed by atoms with van der Waals surface area (Å²) >= 11 is 0. The fourth-order valence-corrected chi connectivity index (χ4v) is 4.21. The summed E-state index contributed by atoms with van der Waals surface area (Å²) in [4.78, 5) is 36.5. The van der Waals surface area contributed by atoms with Crippen molar-refractivity contribution in [3.05, 3.63) is 88.1 Å². The molecule has 34 heavy (non-hydrogen) atoms. The minimum atomic E-state index is -1.15. The fourth-order valence-electron chi connectivity index (χ4n) is 4.21. The first kappa shape index (κ1) is 21.3. The zero-order chi connectivity index (χ0) is 23.8. The van der Waals surface area contributed by atoms with Crippen molar-refractivity contribution in [1.82, 2.24) is 0 Å². The average Bonchev–Trinajstić information content (AvgIpc) is 2.82. The molecule has 0 amide bonds. The number of aromatic hydroxyl groups is 1. The van der Waals surface area contributed by atoms with Crippen molar-refractivity contribution >= 4 is 22.9 Å². The molecule has 0 radical (unpaired) electrons. The Kier molecular flexibility index (Phi) is 5.25. The van der Waals surface area contributed by atoms with Crippen molar-refractivity contribution in [3.63, 3.8) is 0 Å². The molecule has 2 N–H and O–H groups in total. The topological polar surface area (TPSA) is 123 Å². The van der Waals surface area contributed by atoms with Crippen molar-refractivity contribution in [1.29, 1.82) is 0 Å². The number of hydrogen-bond acceptors (Lipinski definition) is 7. The van der Waals surface area contributed by atoms with Gasteiger partial charge in [0, 0.05) is 34.7 Å². The smallest absolute Gasteiger partial charge is 0.341 e. The van der Waals surface area contributed by atoms with Crippen LogP contribution in [0.4, 0.5) is 0 Å². The molecule has 3 aromatic carbocycles. The van der Waals surface area contributed by atoms with Gasteiger partial charge in [-0.3, -0.25) is 9.59 Å². The summed E-state index contributed by atoms with van der Waals surface area (Å²) in [6.07, 6.45) is -0.0976. The maximum Gasteiger partial charge on any atom is 0.341 e. The Balaban J connectivity index is 1.77. The van der Waals surface area contributed by atoms with Crippen LogP contribution in [-0.2, 0) is 9.59 Å². The second-order valence-electron chi connectivity index (χ2n) is 7.80. The molecule has 4 aromatic rings. The lowest BCUT2D eigenvalue weighted by molar-refractivity contribution is -0.139. The van der Waals surface area contributed by atoms with Crippen molar-refractivity contribution in [2.45, 2.75) is 12.3 Å². The van der Waals surface area contributed by atoms with Gasteiger partial charge in [0.1, 0.15) is 34.0 Å². The molecule has 1 unspecified atom stereocenters. The van der Waals surface area contributed by atoms with Gasteiger partial charge in [0.25, 0.3) is 0 Å². The number of benzene rings is 3. The van der Waals surface area contributed by atoms with Crippen molar-refractivity contribution in [3.8, 4) is 28.6 Å². The second kappa shape index (κ2) is 8.40. The first-order valence-electron chi connectivity index (χ1n) is 10.5. The number of fused-ring (bicyclic) bond motifs is 3. The van der Waals surface area contributed by atoms with Gasteiger partial charge in [-0.15, -0.1) is 0 Å². The lowest BCUT2D eigenvalue weighted by atomic mass is 9.84. The number of phenols is 1. The summed E-state index contributed by atoms with van der Waals surface area (Å²) in [6, 6.07) is 18.3. The summed E-state index contributed by atoms with van der Waals surface area (Å²) in [6.45, 7) is -0.565. The van der Waals surface area contributed by atoms with E-state index in [1.165, 1.54) is 12.1 Å². The van der Waals surface area contributed by atoms with Gasteiger partial charge in [0.05, 0.1) is 6.42 Å². The standard InChI is InChI=1S/C26H18O8/c27-17-11-20(14-6-2-1-3-7-14)34-26-24-16(10-23(31)33-21(24)12-18(28)25(17)26)15-8-4-5-9-19(15)32-13-22(29)30/h1-9,11-12,16,28H,10,13H2,(H,29,30). The maximum atomic E-state index is 13.0. The Bertz CT molecular complexity index is 1490. The van der Waals surface area contributed by atoms with E-state index in [1.807, 2.05) is 6.07 Å². The van der Waals surface area contributed by atoms with Gasteiger partial charge in [0.15, 0.2) is 12.0 Å². The highest BCUT2D eigenvalue weighted by Crippen LogP contribution is 2.47. The predicted molar refractivity (Wildman–Crippen MR) is 121 cm³/mol. The van der Waals surface area contributed by atoms with Gasteiger partial charge < -0.3 is 24.1 Å². The summed E-state index contributed by atoms with van der Waals surface area (Å²) in [5, 5.41) is 19.6. The number of carboxylic acid groups (broad SMARTS) is 1. The molecule has 2 heterocycles. The van der Waals surface area contributed by atoms with Gasteiger partial charge in [0.2, 0.25) is 0 Å². The number of ether oxygens (including phenoxy) is 2. The number of rotatable bonds is 5. The Labute approximate surface area is 192 Å². The van der Waals surface area contributed by atoms with E-state index in [-0.39, 0.29) is 40.4 Å². The Morgan fingerprint density at radius 1 is 1.03 bits per heavy atom. The van der Waals surface area contributed by atoms with Crippen LogP contribution in [0.3, 0.4) is 0 Å².